The number of amides is 1. The lowest BCUT2D eigenvalue weighted by Crippen LogP contribution is -2.44. The van der Waals surface area contributed by atoms with Gasteiger partial charge in [0.2, 0.25) is 5.91 Å². The second kappa shape index (κ2) is 14.6. The zero-order chi connectivity index (χ0) is 19.3. The lowest BCUT2D eigenvalue weighted by molar-refractivity contribution is -0.121. The zero-order valence-corrected chi connectivity index (χ0v) is 19.3. The van der Waals surface area contributed by atoms with E-state index in [2.05, 4.69) is 32.8 Å². The summed E-state index contributed by atoms with van der Waals surface area (Å²) >= 11 is 0. The normalized spacial score (nSPS) is 16.0. The highest BCUT2D eigenvalue weighted by Crippen LogP contribution is 2.03. The summed E-state index contributed by atoms with van der Waals surface area (Å²) in [6.45, 7) is 10.4. The largest absolute Gasteiger partial charge is 0.379 e. The summed E-state index contributed by atoms with van der Waals surface area (Å²) in [5.41, 5.74) is 1.10. The summed E-state index contributed by atoms with van der Waals surface area (Å²) in [7, 11) is 0. The van der Waals surface area contributed by atoms with Crippen molar-refractivity contribution < 1.29 is 9.53 Å². The number of carbonyl (C=O) groups excluding carboxylic acids is 1. The second-order valence-corrected chi connectivity index (χ2v) is 6.66. The van der Waals surface area contributed by atoms with Crippen LogP contribution in [0.1, 0.15) is 25.8 Å². The van der Waals surface area contributed by atoms with Crippen molar-refractivity contribution in [2.24, 2.45) is 4.99 Å². The van der Waals surface area contributed by atoms with Gasteiger partial charge in [-0.2, -0.15) is 0 Å². The number of guanidine groups is 1. The molecule has 1 aliphatic rings. The Balaban J connectivity index is 0.00000392. The molecule has 0 saturated carbocycles. The summed E-state index contributed by atoms with van der Waals surface area (Å²) < 4.78 is 5.40. The average molecular weight is 503 g/mol. The summed E-state index contributed by atoms with van der Waals surface area (Å²) in [5, 5.41) is 9.42. The van der Waals surface area contributed by atoms with Gasteiger partial charge in [0.25, 0.3) is 0 Å². The quantitative estimate of drug-likeness (QED) is 0.271. The Morgan fingerprint density at radius 3 is 2.57 bits per heavy atom. The first-order chi connectivity index (χ1) is 13.2. The Morgan fingerprint density at radius 2 is 1.89 bits per heavy atom. The Kier molecular flexibility index (Phi) is 12.8. The van der Waals surface area contributed by atoms with Gasteiger partial charge < -0.3 is 20.7 Å². The molecule has 1 aromatic carbocycles. The van der Waals surface area contributed by atoms with Crippen LogP contribution in [0.25, 0.3) is 0 Å². The minimum absolute atomic E-state index is 0. The maximum atomic E-state index is 12.0. The van der Waals surface area contributed by atoms with Crippen molar-refractivity contribution in [2.45, 2.75) is 32.9 Å². The molecule has 3 N–H and O–H groups in total. The fourth-order valence-electron chi connectivity index (χ4n) is 2.88. The van der Waals surface area contributed by atoms with Crippen molar-refractivity contribution in [1.29, 1.82) is 0 Å². The van der Waals surface area contributed by atoms with Crippen LogP contribution in [0.4, 0.5) is 0 Å². The molecule has 0 radical (unpaired) electrons. The number of benzene rings is 1. The summed E-state index contributed by atoms with van der Waals surface area (Å²) in [4.78, 5) is 19.1. The number of carbonyl (C=O) groups is 1. The second-order valence-electron chi connectivity index (χ2n) is 6.66. The van der Waals surface area contributed by atoms with Crippen molar-refractivity contribution in [3.05, 3.63) is 35.9 Å². The van der Waals surface area contributed by atoms with Crippen molar-refractivity contribution in [3.63, 3.8) is 0 Å². The minimum Gasteiger partial charge on any atom is -0.379 e. The molecule has 158 valence electrons. The molecule has 0 bridgehead atoms. The molecule has 1 saturated heterocycles. The van der Waals surface area contributed by atoms with Crippen molar-refractivity contribution >= 4 is 35.8 Å². The predicted molar refractivity (Wildman–Crippen MR) is 124 cm³/mol. The number of ether oxygens (including phenoxy) is 1. The summed E-state index contributed by atoms with van der Waals surface area (Å²) in [6.07, 6.45) is 0.413. The van der Waals surface area contributed by atoms with Crippen LogP contribution in [-0.4, -0.2) is 68.7 Å². The van der Waals surface area contributed by atoms with Crippen LogP contribution in [-0.2, 0) is 16.1 Å². The zero-order valence-electron chi connectivity index (χ0n) is 16.9. The van der Waals surface area contributed by atoms with Gasteiger partial charge in [-0.15, -0.1) is 24.0 Å². The SMILES string of the molecule is CCNC(=NCC(C)N1CCOCC1)NCCC(=O)NCc1ccccc1.I. The van der Waals surface area contributed by atoms with E-state index in [0.717, 1.165) is 50.9 Å². The van der Waals surface area contributed by atoms with Crippen molar-refractivity contribution in [2.75, 3.05) is 45.9 Å². The Morgan fingerprint density at radius 1 is 1.18 bits per heavy atom. The van der Waals surface area contributed by atoms with E-state index in [-0.39, 0.29) is 29.9 Å². The molecule has 1 unspecified atom stereocenters. The first kappa shape index (κ1) is 24.6. The predicted octanol–water partition coefficient (Wildman–Crippen LogP) is 1.59. The number of nitrogens with one attached hydrogen (secondary N) is 3. The molecule has 8 heteroatoms. The van der Waals surface area contributed by atoms with E-state index in [9.17, 15) is 4.79 Å². The average Bonchev–Trinajstić information content (AvgIpc) is 2.71. The number of hydrogen-bond acceptors (Lipinski definition) is 4. The maximum absolute atomic E-state index is 12.0. The van der Waals surface area contributed by atoms with Crippen LogP contribution >= 0.6 is 24.0 Å². The topological polar surface area (TPSA) is 78.0 Å². The van der Waals surface area contributed by atoms with E-state index in [1.165, 1.54) is 0 Å². The van der Waals surface area contributed by atoms with E-state index in [1.54, 1.807) is 0 Å². The third kappa shape index (κ3) is 9.70. The van der Waals surface area contributed by atoms with Crippen LogP contribution in [0.3, 0.4) is 0 Å². The Hall–Kier alpha value is -1.39. The van der Waals surface area contributed by atoms with Crippen LogP contribution < -0.4 is 16.0 Å². The van der Waals surface area contributed by atoms with E-state index in [4.69, 9.17) is 4.74 Å². The molecule has 7 nitrogen and oxygen atoms in total. The molecule has 1 amide bonds. The van der Waals surface area contributed by atoms with Crippen LogP contribution in [0, 0.1) is 0 Å². The lowest BCUT2D eigenvalue weighted by Gasteiger charge is -2.31. The fourth-order valence-corrected chi connectivity index (χ4v) is 2.88. The fraction of sp³-hybridized carbons (Fsp3) is 0.600. The highest BCUT2D eigenvalue weighted by molar-refractivity contribution is 14.0. The molecule has 1 aliphatic heterocycles. The van der Waals surface area contributed by atoms with Crippen LogP contribution in [0.15, 0.2) is 35.3 Å². The molecule has 0 aromatic heterocycles. The van der Waals surface area contributed by atoms with Gasteiger partial charge in [0.15, 0.2) is 5.96 Å². The third-order valence-corrected chi connectivity index (χ3v) is 4.50. The molecule has 2 rings (SSSR count). The van der Waals surface area contributed by atoms with Crippen molar-refractivity contribution in [3.8, 4) is 0 Å². The highest BCUT2D eigenvalue weighted by atomic mass is 127. The number of rotatable bonds is 9. The van der Waals surface area contributed by atoms with Gasteiger partial charge >= 0.3 is 0 Å². The first-order valence-electron chi connectivity index (χ1n) is 9.83. The molecule has 1 atom stereocenters. The van der Waals surface area contributed by atoms with Gasteiger partial charge in [-0.25, -0.2) is 0 Å². The maximum Gasteiger partial charge on any atom is 0.222 e. The number of hydrogen-bond donors (Lipinski definition) is 3. The third-order valence-electron chi connectivity index (χ3n) is 4.50. The minimum atomic E-state index is 0. The van der Waals surface area contributed by atoms with Gasteiger partial charge in [-0.1, -0.05) is 30.3 Å². The van der Waals surface area contributed by atoms with Crippen LogP contribution in [0.2, 0.25) is 0 Å². The van der Waals surface area contributed by atoms with E-state index in [0.29, 0.717) is 25.6 Å². The summed E-state index contributed by atoms with van der Waals surface area (Å²) in [6, 6.07) is 10.3. The number of morpholine rings is 1. The van der Waals surface area contributed by atoms with Gasteiger partial charge in [-0.3, -0.25) is 14.7 Å². The molecule has 1 fully saturated rings. The molecule has 0 spiro atoms. The monoisotopic (exact) mass is 503 g/mol. The number of aliphatic imine (C=N–C) groups is 1. The van der Waals surface area contributed by atoms with Crippen molar-refractivity contribution in [1.82, 2.24) is 20.9 Å². The van der Waals surface area contributed by atoms with E-state index >= 15 is 0 Å². The highest BCUT2D eigenvalue weighted by Gasteiger charge is 2.16. The lowest BCUT2D eigenvalue weighted by atomic mass is 10.2. The number of halogens is 1. The molecule has 0 aliphatic carbocycles. The first-order valence-corrected chi connectivity index (χ1v) is 9.83. The molecule has 28 heavy (non-hydrogen) atoms. The van der Waals surface area contributed by atoms with Gasteiger partial charge in [-0.05, 0) is 19.4 Å². The van der Waals surface area contributed by atoms with Crippen LogP contribution in [0.5, 0.6) is 0 Å². The Labute approximate surface area is 185 Å². The molecule has 1 heterocycles. The number of nitrogens with zero attached hydrogens (tertiary/aromatic N) is 2. The summed E-state index contributed by atoms with van der Waals surface area (Å²) in [5.74, 6) is 0.789. The standard InChI is InChI=1S/C20H33N5O2.HI/c1-3-21-20(24-15-17(2)25-11-13-27-14-12-25)22-10-9-19(26)23-16-18-7-5-4-6-8-18;/h4-8,17H,3,9-16H2,1-2H3,(H,23,26)(H2,21,22,24);1H. The molecule has 1 aromatic rings. The van der Waals surface area contributed by atoms with Gasteiger partial charge in [0.05, 0.1) is 19.8 Å². The Bertz CT molecular complexity index is 579. The molecular weight excluding hydrogens is 469 g/mol. The smallest absolute Gasteiger partial charge is 0.222 e. The van der Waals surface area contributed by atoms with Gasteiger partial charge in [0, 0.05) is 45.2 Å². The van der Waals surface area contributed by atoms with Gasteiger partial charge in [0.1, 0.15) is 0 Å². The van der Waals surface area contributed by atoms with E-state index in [1.807, 2.05) is 37.3 Å². The molecular formula is C20H34IN5O2. The van der Waals surface area contributed by atoms with E-state index < -0.39 is 0 Å².